The van der Waals surface area contributed by atoms with E-state index in [0.717, 1.165) is 28.2 Å². The van der Waals surface area contributed by atoms with Crippen LogP contribution in [-0.2, 0) is 0 Å². The Bertz CT molecular complexity index is 1480. The molecule has 0 aliphatic rings. The predicted molar refractivity (Wildman–Crippen MR) is 132 cm³/mol. The van der Waals surface area contributed by atoms with Crippen LogP contribution >= 0.6 is 23.2 Å². The highest BCUT2D eigenvalue weighted by Gasteiger charge is 2.16. The van der Waals surface area contributed by atoms with Gasteiger partial charge in [-0.25, -0.2) is 9.97 Å². The largest absolute Gasteiger partial charge is 0.366 e. The molecule has 0 atom stereocenters. The minimum atomic E-state index is -0.589. The molecule has 33 heavy (non-hydrogen) atoms. The Hall–Kier alpha value is -3.87. The van der Waals surface area contributed by atoms with E-state index in [1.807, 2.05) is 65.2 Å². The fraction of sp³-hybridized carbons (Fsp3) is 0. The molecule has 0 bridgehead atoms. The molecule has 8 heteroatoms. The summed E-state index contributed by atoms with van der Waals surface area (Å²) in [6, 6.07) is 22.3. The van der Waals surface area contributed by atoms with Gasteiger partial charge < -0.3 is 11.1 Å². The Morgan fingerprint density at radius 3 is 2.45 bits per heavy atom. The number of aromatic nitrogens is 3. The van der Waals surface area contributed by atoms with Gasteiger partial charge in [-0.3, -0.25) is 9.20 Å². The summed E-state index contributed by atoms with van der Waals surface area (Å²) >= 11 is 12.1. The zero-order valence-electron chi connectivity index (χ0n) is 17.2. The van der Waals surface area contributed by atoms with E-state index in [2.05, 4.69) is 10.3 Å². The van der Waals surface area contributed by atoms with E-state index in [1.54, 1.807) is 24.4 Å². The first-order chi connectivity index (χ1) is 16.0. The van der Waals surface area contributed by atoms with Gasteiger partial charge in [-0.05, 0) is 54.6 Å². The van der Waals surface area contributed by atoms with E-state index >= 15 is 0 Å². The van der Waals surface area contributed by atoms with Gasteiger partial charge in [0.15, 0.2) is 0 Å². The molecule has 0 saturated carbocycles. The summed E-state index contributed by atoms with van der Waals surface area (Å²) in [6.07, 6.45) is 3.76. The monoisotopic (exact) mass is 473 g/mol. The number of halogens is 2. The summed E-state index contributed by atoms with van der Waals surface area (Å²) in [7, 11) is 0. The highest BCUT2D eigenvalue weighted by Crippen LogP contribution is 2.33. The molecule has 6 nitrogen and oxygen atoms in total. The second-order valence-electron chi connectivity index (χ2n) is 7.36. The molecular weight excluding hydrogens is 457 g/mol. The number of carbonyl (C=O) groups excluding carboxylic acids is 1. The molecule has 0 aliphatic carbocycles. The van der Waals surface area contributed by atoms with E-state index in [4.69, 9.17) is 33.9 Å². The van der Waals surface area contributed by atoms with Gasteiger partial charge in [0.1, 0.15) is 11.5 Å². The molecule has 0 spiro atoms. The van der Waals surface area contributed by atoms with Gasteiger partial charge >= 0.3 is 0 Å². The average Bonchev–Trinajstić information content (AvgIpc) is 3.21. The molecule has 1 amide bonds. The molecule has 3 N–H and O–H groups in total. The number of amides is 1. The van der Waals surface area contributed by atoms with E-state index in [9.17, 15) is 4.79 Å². The van der Waals surface area contributed by atoms with Crippen molar-refractivity contribution in [2.24, 2.45) is 5.73 Å². The summed E-state index contributed by atoms with van der Waals surface area (Å²) in [6.45, 7) is 0. The van der Waals surface area contributed by atoms with Crippen LogP contribution < -0.4 is 11.1 Å². The number of imidazole rings is 1. The lowest BCUT2D eigenvalue weighted by molar-refractivity contribution is 0.100. The highest BCUT2D eigenvalue weighted by atomic mass is 35.5. The minimum absolute atomic E-state index is 0.247. The van der Waals surface area contributed by atoms with Crippen molar-refractivity contribution in [3.8, 4) is 22.5 Å². The fourth-order valence-corrected chi connectivity index (χ4v) is 3.96. The minimum Gasteiger partial charge on any atom is -0.366 e. The molecular formula is C25H17Cl2N5O. The zero-order valence-corrected chi connectivity index (χ0v) is 18.7. The number of nitrogens with zero attached hydrogens (tertiary/aromatic N) is 3. The van der Waals surface area contributed by atoms with Gasteiger partial charge in [0, 0.05) is 34.2 Å². The highest BCUT2D eigenvalue weighted by molar-refractivity contribution is 6.34. The third-order valence-electron chi connectivity index (χ3n) is 5.19. The molecule has 2 aromatic carbocycles. The van der Waals surface area contributed by atoms with Crippen molar-refractivity contribution in [3.05, 3.63) is 101 Å². The van der Waals surface area contributed by atoms with Crippen molar-refractivity contribution < 1.29 is 4.79 Å². The summed E-state index contributed by atoms with van der Waals surface area (Å²) < 4.78 is 2.03. The number of benzene rings is 2. The van der Waals surface area contributed by atoms with E-state index < -0.39 is 5.91 Å². The summed E-state index contributed by atoms with van der Waals surface area (Å²) in [5, 5.41) is 4.15. The van der Waals surface area contributed by atoms with Crippen molar-refractivity contribution in [1.82, 2.24) is 14.4 Å². The van der Waals surface area contributed by atoms with Crippen LogP contribution in [0, 0.1) is 0 Å². The van der Waals surface area contributed by atoms with Crippen molar-refractivity contribution >= 4 is 46.3 Å². The van der Waals surface area contributed by atoms with Gasteiger partial charge in [0.2, 0.25) is 5.91 Å². The lowest BCUT2D eigenvalue weighted by Gasteiger charge is -2.10. The molecule has 0 fully saturated rings. The molecule has 0 saturated heterocycles. The predicted octanol–water partition coefficient (Wildman–Crippen LogP) is 6.21. The fourth-order valence-electron chi connectivity index (χ4n) is 3.63. The molecule has 0 aliphatic heterocycles. The molecule has 0 radical (unpaired) electrons. The molecule has 162 valence electrons. The Kier molecular flexibility index (Phi) is 5.46. The summed E-state index contributed by atoms with van der Waals surface area (Å²) in [4.78, 5) is 20.9. The first kappa shape index (κ1) is 21.0. The number of hydrogen-bond donors (Lipinski definition) is 2. The number of nitrogens with two attached hydrogens (primary N) is 1. The third kappa shape index (κ3) is 4.14. The van der Waals surface area contributed by atoms with Crippen molar-refractivity contribution in [2.45, 2.75) is 0 Å². The molecule has 5 rings (SSSR count). The van der Waals surface area contributed by atoms with Crippen molar-refractivity contribution in [3.63, 3.8) is 0 Å². The number of hydrogen-bond acceptors (Lipinski definition) is 4. The second-order valence-corrected chi connectivity index (χ2v) is 8.20. The van der Waals surface area contributed by atoms with Gasteiger partial charge in [0.05, 0.1) is 22.0 Å². The average molecular weight is 474 g/mol. The number of anilines is 2. The number of fused-ring (bicyclic) bond motifs is 1. The van der Waals surface area contributed by atoms with E-state index in [0.29, 0.717) is 21.6 Å². The second kappa shape index (κ2) is 8.58. The maximum Gasteiger partial charge on any atom is 0.250 e. The first-order valence-corrected chi connectivity index (χ1v) is 10.8. The van der Waals surface area contributed by atoms with Crippen molar-refractivity contribution in [2.75, 3.05) is 5.32 Å². The van der Waals surface area contributed by atoms with Gasteiger partial charge in [0.25, 0.3) is 0 Å². The quantitative estimate of drug-likeness (QED) is 0.317. The van der Waals surface area contributed by atoms with Gasteiger partial charge in [-0.15, -0.1) is 0 Å². The summed E-state index contributed by atoms with van der Waals surface area (Å²) in [5.74, 6) is 0.0210. The van der Waals surface area contributed by atoms with Gasteiger partial charge in [-0.1, -0.05) is 41.4 Å². The standard InChI is InChI=1S/C25H17Cl2N5O/c26-17-7-4-15(5-8-17)23-24(32-12-2-1-3-22(32)31-23)16-6-11-21(29-14-16)30-18-9-10-20(27)19(13-18)25(28)33/h1-14H,(H2,28,33)(H,29,30). The molecule has 3 heterocycles. The Labute approximate surface area is 199 Å². The normalized spacial score (nSPS) is 11.0. The maximum absolute atomic E-state index is 11.6. The topological polar surface area (TPSA) is 85.3 Å². The van der Waals surface area contributed by atoms with Crippen LogP contribution in [0.1, 0.15) is 10.4 Å². The number of primary amides is 1. The van der Waals surface area contributed by atoms with Crippen LogP contribution in [0.25, 0.3) is 28.2 Å². The van der Waals surface area contributed by atoms with Crippen LogP contribution in [-0.4, -0.2) is 20.3 Å². The smallest absolute Gasteiger partial charge is 0.250 e. The number of carbonyl (C=O) groups is 1. The Morgan fingerprint density at radius 2 is 1.73 bits per heavy atom. The van der Waals surface area contributed by atoms with Crippen LogP contribution in [0.5, 0.6) is 0 Å². The van der Waals surface area contributed by atoms with E-state index in [1.165, 1.54) is 0 Å². The van der Waals surface area contributed by atoms with Crippen LogP contribution in [0.15, 0.2) is 85.2 Å². The number of nitrogens with one attached hydrogen (secondary N) is 1. The van der Waals surface area contributed by atoms with E-state index in [-0.39, 0.29) is 5.56 Å². The first-order valence-electron chi connectivity index (χ1n) is 10.1. The Balaban J connectivity index is 1.53. The van der Waals surface area contributed by atoms with Crippen LogP contribution in [0.4, 0.5) is 11.5 Å². The lowest BCUT2D eigenvalue weighted by atomic mass is 10.1. The molecule has 5 aromatic rings. The van der Waals surface area contributed by atoms with Gasteiger partial charge in [-0.2, -0.15) is 0 Å². The zero-order chi connectivity index (χ0) is 22.9. The summed E-state index contributed by atoms with van der Waals surface area (Å²) in [5.41, 5.74) is 10.7. The lowest BCUT2D eigenvalue weighted by Crippen LogP contribution is -2.11. The van der Waals surface area contributed by atoms with Crippen LogP contribution in [0.2, 0.25) is 10.0 Å². The van der Waals surface area contributed by atoms with Crippen LogP contribution in [0.3, 0.4) is 0 Å². The van der Waals surface area contributed by atoms with Crippen molar-refractivity contribution in [1.29, 1.82) is 0 Å². The molecule has 3 aromatic heterocycles. The molecule has 0 unspecified atom stereocenters. The third-order valence-corrected chi connectivity index (χ3v) is 5.77. The SMILES string of the molecule is NC(=O)c1cc(Nc2ccc(-c3c(-c4ccc(Cl)cc4)nc4ccccn34)cn2)ccc1Cl. The Morgan fingerprint density at radius 1 is 0.939 bits per heavy atom. The maximum atomic E-state index is 11.6. The number of rotatable bonds is 5. The number of pyridine rings is 2.